The Labute approximate surface area is 69.1 Å². The Morgan fingerprint density at radius 1 is 1.45 bits per heavy atom. The van der Waals surface area contributed by atoms with Crippen molar-refractivity contribution in [2.45, 2.75) is 12.8 Å². The van der Waals surface area contributed by atoms with E-state index in [0.29, 0.717) is 6.42 Å². The second-order valence-corrected chi connectivity index (χ2v) is 3.79. The summed E-state index contributed by atoms with van der Waals surface area (Å²) >= 11 is 0. The maximum atomic E-state index is 10.8. The highest BCUT2D eigenvalue weighted by Crippen LogP contribution is 1.98. The van der Waals surface area contributed by atoms with E-state index in [2.05, 4.69) is 27.7 Å². The first-order valence-corrected chi connectivity index (χ1v) is 3.91. The van der Waals surface area contributed by atoms with Crippen LogP contribution in [0.25, 0.3) is 0 Å². The van der Waals surface area contributed by atoms with Crippen molar-refractivity contribution in [3.63, 3.8) is 0 Å². The van der Waals surface area contributed by atoms with Gasteiger partial charge in [0.15, 0.2) is 5.78 Å². The summed E-state index contributed by atoms with van der Waals surface area (Å²) in [6.07, 6.45) is 2.99. The zero-order chi connectivity index (χ0) is 8.91. The van der Waals surface area contributed by atoms with Crippen LogP contribution in [0.5, 0.6) is 0 Å². The van der Waals surface area contributed by atoms with Gasteiger partial charge in [0.25, 0.3) is 0 Å². The molecule has 0 aromatic carbocycles. The van der Waals surface area contributed by atoms with Crippen LogP contribution in [-0.4, -0.2) is 38.0 Å². The van der Waals surface area contributed by atoms with E-state index in [1.807, 2.05) is 0 Å². The monoisotopic (exact) mass is 156 g/mol. The normalized spacial score (nSPS) is 11.2. The molecule has 0 spiro atoms. The lowest BCUT2D eigenvalue weighted by atomic mass is 10.2. The van der Waals surface area contributed by atoms with Crippen molar-refractivity contribution in [1.82, 2.24) is 0 Å². The Morgan fingerprint density at radius 3 is 2.36 bits per heavy atom. The highest BCUT2D eigenvalue weighted by atomic mass is 16.1. The van der Waals surface area contributed by atoms with Gasteiger partial charge < -0.3 is 4.48 Å². The molecule has 0 amide bonds. The topological polar surface area (TPSA) is 17.1 Å². The highest BCUT2D eigenvalue weighted by molar-refractivity contribution is 5.88. The summed E-state index contributed by atoms with van der Waals surface area (Å²) < 4.78 is 0.921. The molecular weight excluding hydrogens is 138 g/mol. The van der Waals surface area contributed by atoms with Crippen LogP contribution in [0, 0.1) is 0 Å². The van der Waals surface area contributed by atoms with Gasteiger partial charge in [0, 0.05) is 12.8 Å². The number of carbonyl (C=O) groups excluding carboxylic acids is 1. The third kappa shape index (κ3) is 7.26. The first kappa shape index (κ1) is 10.4. The molecule has 0 radical (unpaired) electrons. The van der Waals surface area contributed by atoms with Crippen LogP contribution in [0.4, 0.5) is 0 Å². The molecule has 0 bridgehead atoms. The molecule has 0 heterocycles. The van der Waals surface area contributed by atoms with Crippen molar-refractivity contribution in [2.75, 3.05) is 27.7 Å². The summed E-state index contributed by atoms with van der Waals surface area (Å²) in [4.78, 5) is 10.8. The van der Waals surface area contributed by atoms with Gasteiger partial charge in [-0.1, -0.05) is 6.58 Å². The lowest BCUT2D eigenvalue weighted by Gasteiger charge is -2.23. The quantitative estimate of drug-likeness (QED) is 0.432. The largest absolute Gasteiger partial charge is 0.331 e. The molecule has 0 aliphatic heterocycles. The minimum atomic E-state index is 0.151. The summed E-state index contributed by atoms with van der Waals surface area (Å²) in [6.45, 7) is 4.46. The summed E-state index contributed by atoms with van der Waals surface area (Å²) in [6, 6.07) is 0. The van der Waals surface area contributed by atoms with Crippen molar-refractivity contribution >= 4 is 5.78 Å². The average molecular weight is 156 g/mol. The molecule has 0 rings (SSSR count). The van der Waals surface area contributed by atoms with E-state index in [-0.39, 0.29) is 5.78 Å². The summed E-state index contributed by atoms with van der Waals surface area (Å²) in [5.74, 6) is 0.151. The fourth-order valence-electron chi connectivity index (χ4n) is 0.830. The van der Waals surface area contributed by atoms with Gasteiger partial charge in [-0.2, -0.15) is 0 Å². The van der Waals surface area contributed by atoms with Gasteiger partial charge in [0.05, 0.1) is 27.7 Å². The van der Waals surface area contributed by atoms with Crippen LogP contribution in [0.3, 0.4) is 0 Å². The van der Waals surface area contributed by atoms with E-state index in [1.165, 1.54) is 6.08 Å². The number of carbonyl (C=O) groups is 1. The SMILES string of the molecule is C=CC(=O)CCC[N+](C)(C)C. The van der Waals surface area contributed by atoms with Crippen LogP contribution in [-0.2, 0) is 4.79 Å². The fraction of sp³-hybridized carbons (Fsp3) is 0.667. The second kappa shape index (κ2) is 4.29. The third-order valence-corrected chi connectivity index (χ3v) is 1.48. The minimum absolute atomic E-state index is 0.151. The summed E-state index contributed by atoms with van der Waals surface area (Å²) in [7, 11) is 6.37. The highest BCUT2D eigenvalue weighted by Gasteiger charge is 2.06. The van der Waals surface area contributed by atoms with Gasteiger partial charge in [-0.15, -0.1) is 0 Å². The molecule has 0 saturated heterocycles. The van der Waals surface area contributed by atoms with Crippen LogP contribution in [0.15, 0.2) is 12.7 Å². The zero-order valence-corrected chi connectivity index (χ0v) is 7.76. The molecule has 2 nitrogen and oxygen atoms in total. The standard InChI is InChI=1S/C9H18NO/c1-5-9(11)7-6-8-10(2,3)4/h5H,1,6-8H2,2-4H3/q+1. The molecule has 64 valence electrons. The Kier molecular flexibility index (Phi) is 4.04. The number of hydrogen-bond acceptors (Lipinski definition) is 1. The van der Waals surface area contributed by atoms with Gasteiger partial charge in [-0.3, -0.25) is 4.79 Å². The molecule has 0 N–H and O–H groups in total. The summed E-state index contributed by atoms with van der Waals surface area (Å²) in [5, 5.41) is 0. The first-order valence-electron chi connectivity index (χ1n) is 3.91. The molecule has 0 fully saturated rings. The zero-order valence-electron chi connectivity index (χ0n) is 7.76. The number of hydrogen-bond donors (Lipinski definition) is 0. The van der Waals surface area contributed by atoms with E-state index in [4.69, 9.17) is 0 Å². The Morgan fingerprint density at radius 2 is 2.00 bits per heavy atom. The van der Waals surface area contributed by atoms with E-state index in [0.717, 1.165) is 17.4 Å². The number of rotatable bonds is 5. The van der Waals surface area contributed by atoms with Crippen LogP contribution >= 0.6 is 0 Å². The van der Waals surface area contributed by atoms with Crippen molar-refractivity contribution in [3.8, 4) is 0 Å². The van der Waals surface area contributed by atoms with Crippen molar-refractivity contribution < 1.29 is 9.28 Å². The van der Waals surface area contributed by atoms with E-state index >= 15 is 0 Å². The van der Waals surface area contributed by atoms with Crippen molar-refractivity contribution in [1.29, 1.82) is 0 Å². The number of quaternary nitrogens is 1. The molecule has 0 saturated carbocycles. The van der Waals surface area contributed by atoms with Crippen LogP contribution < -0.4 is 0 Å². The maximum absolute atomic E-state index is 10.8. The van der Waals surface area contributed by atoms with Crippen molar-refractivity contribution in [2.24, 2.45) is 0 Å². The summed E-state index contributed by atoms with van der Waals surface area (Å²) in [5.41, 5.74) is 0. The number of ketones is 1. The van der Waals surface area contributed by atoms with Gasteiger partial charge in [-0.05, 0) is 6.08 Å². The molecular formula is C9H18NO+. The Bertz CT molecular complexity index is 144. The molecule has 0 aliphatic rings. The maximum Gasteiger partial charge on any atom is 0.155 e. The predicted molar refractivity (Wildman–Crippen MR) is 47.3 cm³/mol. The van der Waals surface area contributed by atoms with Gasteiger partial charge in [0.1, 0.15) is 0 Å². The van der Waals surface area contributed by atoms with Gasteiger partial charge >= 0.3 is 0 Å². The van der Waals surface area contributed by atoms with E-state index < -0.39 is 0 Å². The molecule has 0 atom stereocenters. The Hall–Kier alpha value is -0.630. The Balaban J connectivity index is 3.42. The van der Waals surface area contributed by atoms with Gasteiger partial charge in [-0.25, -0.2) is 0 Å². The van der Waals surface area contributed by atoms with Crippen LogP contribution in [0.1, 0.15) is 12.8 Å². The van der Waals surface area contributed by atoms with E-state index in [9.17, 15) is 4.79 Å². The molecule has 0 unspecified atom stereocenters. The lowest BCUT2D eigenvalue weighted by Crippen LogP contribution is -2.35. The van der Waals surface area contributed by atoms with Crippen molar-refractivity contribution in [3.05, 3.63) is 12.7 Å². The third-order valence-electron chi connectivity index (χ3n) is 1.48. The average Bonchev–Trinajstić information content (AvgIpc) is 1.85. The number of nitrogens with zero attached hydrogens (tertiary/aromatic N) is 1. The first-order chi connectivity index (χ1) is 4.95. The molecule has 2 heteroatoms. The van der Waals surface area contributed by atoms with Gasteiger partial charge in [0.2, 0.25) is 0 Å². The molecule has 0 aromatic rings. The smallest absolute Gasteiger partial charge is 0.155 e. The molecule has 11 heavy (non-hydrogen) atoms. The predicted octanol–water partition coefficient (Wildman–Crippen LogP) is 1.23. The lowest BCUT2D eigenvalue weighted by molar-refractivity contribution is -0.870. The fourth-order valence-corrected chi connectivity index (χ4v) is 0.830. The minimum Gasteiger partial charge on any atom is -0.331 e. The van der Waals surface area contributed by atoms with E-state index in [1.54, 1.807) is 0 Å². The molecule has 0 aromatic heterocycles. The number of allylic oxidation sites excluding steroid dienone is 1. The molecule has 0 aliphatic carbocycles. The van der Waals surface area contributed by atoms with Crippen LogP contribution in [0.2, 0.25) is 0 Å². The second-order valence-electron chi connectivity index (χ2n) is 3.79.